The molecule has 0 radical (unpaired) electrons. The molecule has 32 heavy (non-hydrogen) atoms. The summed E-state index contributed by atoms with van der Waals surface area (Å²) in [5.74, 6) is 2.90. The highest BCUT2D eigenvalue weighted by Crippen LogP contribution is 2.35. The van der Waals surface area contributed by atoms with Gasteiger partial charge in [-0.05, 0) is 75.7 Å². The molecule has 1 unspecified atom stereocenters. The van der Waals surface area contributed by atoms with Gasteiger partial charge in [0.1, 0.15) is 0 Å². The molecule has 3 aromatic rings. The summed E-state index contributed by atoms with van der Waals surface area (Å²) in [6.07, 6.45) is 9.62. The zero-order valence-electron chi connectivity index (χ0n) is 19.2. The zero-order valence-corrected chi connectivity index (χ0v) is 20.0. The van der Waals surface area contributed by atoms with E-state index in [0.29, 0.717) is 16.9 Å². The fourth-order valence-corrected chi connectivity index (χ4v) is 5.36. The van der Waals surface area contributed by atoms with E-state index in [1.54, 1.807) is 0 Å². The molecule has 1 heterocycles. The molecule has 1 fully saturated rings. The molecular formula is C27H34ClN3O. The monoisotopic (exact) mass is 451 g/mol. The van der Waals surface area contributed by atoms with Crippen molar-refractivity contribution in [3.63, 3.8) is 0 Å². The summed E-state index contributed by atoms with van der Waals surface area (Å²) in [7, 11) is 4.49. The molecule has 0 spiro atoms. The molecule has 1 aliphatic rings. The lowest BCUT2D eigenvalue weighted by molar-refractivity contribution is 0.137. The first-order valence-corrected chi connectivity index (χ1v) is 12.2. The first-order valence-electron chi connectivity index (χ1n) is 11.9. The Balaban J connectivity index is 1.24. The van der Waals surface area contributed by atoms with Crippen LogP contribution in [0.4, 0.5) is 0 Å². The van der Waals surface area contributed by atoms with Crippen molar-refractivity contribution in [1.82, 2.24) is 15.0 Å². The van der Waals surface area contributed by atoms with Crippen molar-refractivity contribution in [2.45, 2.75) is 57.4 Å². The normalized spacial score (nSPS) is 19.9. The predicted octanol–water partition coefficient (Wildman–Crippen LogP) is 6.69. The van der Waals surface area contributed by atoms with Crippen LogP contribution >= 0.6 is 11.6 Å². The molecule has 0 aliphatic heterocycles. The first kappa shape index (κ1) is 23.0. The molecule has 1 atom stereocenters. The predicted molar refractivity (Wildman–Crippen MR) is 131 cm³/mol. The van der Waals surface area contributed by atoms with Gasteiger partial charge in [-0.1, -0.05) is 72.1 Å². The lowest BCUT2D eigenvalue weighted by atomic mass is 9.75. The van der Waals surface area contributed by atoms with Crippen molar-refractivity contribution in [2.24, 2.45) is 11.8 Å². The Morgan fingerprint density at radius 2 is 1.78 bits per heavy atom. The highest BCUT2D eigenvalue weighted by Gasteiger charge is 2.28. The van der Waals surface area contributed by atoms with E-state index in [1.165, 1.54) is 37.7 Å². The molecule has 5 heteroatoms. The van der Waals surface area contributed by atoms with Gasteiger partial charge in [-0.2, -0.15) is 4.98 Å². The maximum atomic E-state index is 6.08. The van der Waals surface area contributed by atoms with E-state index in [0.717, 1.165) is 42.6 Å². The Labute approximate surface area is 197 Å². The minimum absolute atomic E-state index is 0.624. The van der Waals surface area contributed by atoms with Crippen molar-refractivity contribution in [3.05, 3.63) is 71.1 Å². The molecule has 4 rings (SSSR count). The lowest BCUT2D eigenvalue weighted by Gasteiger charge is -2.37. The number of benzene rings is 2. The maximum Gasteiger partial charge on any atom is 0.226 e. The van der Waals surface area contributed by atoms with Crippen LogP contribution in [0.15, 0.2) is 59.1 Å². The molecule has 0 bridgehead atoms. The van der Waals surface area contributed by atoms with Crippen LogP contribution in [0.1, 0.15) is 50.0 Å². The molecule has 0 N–H and O–H groups in total. The summed E-state index contributed by atoms with van der Waals surface area (Å²) >= 11 is 6.08. The molecule has 4 nitrogen and oxygen atoms in total. The van der Waals surface area contributed by atoms with Crippen LogP contribution in [-0.4, -0.2) is 35.2 Å². The summed E-state index contributed by atoms with van der Waals surface area (Å²) in [6, 6.07) is 19.1. The number of nitrogens with zero attached hydrogens (tertiary/aromatic N) is 3. The summed E-state index contributed by atoms with van der Waals surface area (Å²) in [5, 5.41) is 4.83. The van der Waals surface area contributed by atoms with Crippen LogP contribution in [0.5, 0.6) is 0 Å². The van der Waals surface area contributed by atoms with Gasteiger partial charge in [0.25, 0.3) is 0 Å². The van der Waals surface area contributed by atoms with E-state index < -0.39 is 0 Å². The molecular weight excluding hydrogens is 418 g/mol. The number of halogens is 1. The van der Waals surface area contributed by atoms with Gasteiger partial charge in [0.05, 0.1) is 0 Å². The zero-order chi connectivity index (χ0) is 22.3. The minimum Gasteiger partial charge on any atom is -0.339 e. The highest BCUT2D eigenvalue weighted by molar-refractivity contribution is 6.30. The summed E-state index contributed by atoms with van der Waals surface area (Å²) in [5.41, 5.74) is 2.35. The third-order valence-electron chi connectivity index (χ3n) is 6.99. The quantitative estimate of drug-likeness (QED) is 0.363. The molecule has 0 amide bonds. The maximum absolute atomic E-state index is 6.08. The Kier molecular flexibility index (Phi) is 7.99. The molecule has 1 aliphatic carbocycles. The Morgan fingerprint density at radius 1 is 1.00 bits per heavy atom. The molecule has 1 saturated carbocycles. The van der Waals surface area contributed by atoms with Gasteiger partial charge in [0.2, 0.25) is 11.7 Å². The average molecular weight is 452 g/mol. The van der Waals surface area contributed by atoms with Crippen LogP contribution in [0.3, 0.4) is 0 Å². The van der Waals surface area contributed by atoms with Gasteiger partial charge in [-0.25, -0.2) is 0 Å². The second-order valence-corrected chi connectivity index (χ2v) is 9.83. The van der Waals surface area contributed by atoms with Crippen molar-refractivity contribution in [3.8, 4) is 11.4 Å². The third-order valence-corrected chi connectivity index (χ3v) is 7.22. The van der Waals surface area contributed by atoms with Gasteiger partial charge >= 0.3 is 0 Å². The van der Waals surface area contributed by atoms with Gasteiger partial charge < -0.3 is 9.42 Å². The fourth-order valence-electron chi connectivity index (χ4n) is 5.17. The number of aromatic nitrogens is 2. The Hall–Kier alpha value is -2.17. The van der Waals surface area contributed by atoms with Gasteiger partial charge in [-0.15, -0.1) is 0 Å². The van der Waals surface area contributed by atoms with E-state index in [1.807, 2.05) is 24.3 Å². The number of hydrogen-bond acceptors (Lipinski definition) is 4. The topological polar surface area (TPSA) is 42.2 Å². The Bertz CT molecular complexity index is 964. The smallest absolute Gasteiger partial charge is 0.226 e. The standard InChI is InChI=1S/C27H34ClN3O/c1-31(2)25(17-13-20-7-4-3-5-8-20)22-15-11-21(12-16-22)14-18-26-29-27(30-32-26)23-9-6-10-24(28)19-23/h3-10,19,21-22,25H,11-18H2,1-2H3. The summed E-state index contributed by atoms with van der Waals surface area (Å²) in [4.78, 5) is 7.03. The van der Waals surface area contributed by atoms with Crippen LogP contribution in [0.2, 0.25) is 5.02 Å². The summed E-state index contributed by atoms with van der Waals surface area (Å²) in [6.45, 7) is 0. The lowest BCUT2D eigenvalue weighted by Crippen LogP contribution is -2.37. The van der Waals surface area contributed by atoms with Crippen molar-refractivity contribution in [1.29, 1.82) is 0 Å². The second-order valence-electron chi connectivity index (χ2n) is 9.40. The molecule has 1 aromatic heterocycles. The van der Waals surface area contributed by atoms with E-state index in [-0.39, 0.29) is 0 Å². The van der Waals surface area contributed by atoms with E-state index >= 15 is 0 Å². The average Bonchev–Trinajstić information content (AvgIpc) is 3.28. The van der Waals surface area contributed by atoms with Crippen molar-refractivity contribution in [2.75, 3.05) is 14.1 Å². The molecule has 170 valence electrons. The number of rotatable bonds is 9. The number of aryl methyl sites for hydroxylation is 2. The van der Waals surface area contributed by atoms with E-state index in [2.05, 4.69) is 59.5 Å². The van der Waals surface area contributed by atoms with Gasteiger partial charge in [-0.3, -0.25) is 0 Å². The van der Waals surface area contributed by atoms with Crippen LogP contribution < -0.4 is 0 Å². The van der Waals surface area contributed by atoms with Crippen molar-refractivity contribution >= 4 is 11.6 Å². The van der Waals surface area contributed by atoms with Crippen LogP contribution in [0, 0.1) is 11.8 Å². The van der Waals surface area contributed by atoms with Gasteiger partial charge in [0.15, 0.2) is 0 Å². The van der Waals surface area contributed by atoms with Crippen molar-refractivity contribution < 1.29 is 4.52 Å². The van der Waals surface area contributed by atoms with E-state index in [9.17, 15) is 0 Å². The Morgan fingerprint density at radius 3 is 2.50 bits per heavy atom. The first-order chi connectivity index (χ1) is 15.6. The molecule has 0 saturated heterocycles. The van der Waals surface area contributed by atoms with Crippen LogP contribution in [-0.2, 0) is 12.8 Å². The van der Waals surface area contributed by atoms with Crippen LogP contribution in [0.25, 0.3) is 11.4 Å². The largest absolute Gasteiger partial charge is 0.339 e. The highest BCUT2D eigenvalue weighted by atomic mass is 35.5. The van der Waals surface area contributed by atoms with Gasteiger partial charge in [0, 0.05) is 23.0 Å². The summed E-state index contributed by atoms with van der Waals surface area (Å²) < 4.78 is 5.50. The number of hydrogen-bond donors (Lipinski definition) is 0. The fraction of sp³-hybridized carbons (Fsp3) is 0.481. The third kappa shape index (κ3) is 6.20. The SMILES string of the molecule is CN(C)C(CCc1ccccc1)C1CCC(CCc2nc(-c3cccc(Cl)c3)no2)CC1. The molecule has 2 aromatic carbocycles. The minimum atomic E-state index is 0.624. The second kappa shape index (κ2) is 11.1. The van der Waals surface area contributed by atoms with E-state index in [4.69, 9.17) is 16.1 Å².